The van der Waals surface area contributed by atoms with Crippen LogP contribution in [-0.4, -0.2) is 12.7 Å². The molecule has 0 amide bonds. The molecule has 0 bridgehead atoms. The third-order valence-electron chi connectivity index (χ3n) is 14.5. The number of allylic oxidation sites excluding steroid dienone is 2. The molecule has 0 saturated heterocycles. The summed E-state index contributed by atoms with van der Waals surface area (Å²) in [5.41, 5.74) is 4.27. The van der Waals surface area contributed by atoms with Gasteiger partial charge in [-0.05, 0) is 121 Å². The van der Waals surface area contributed by atoms with Gasteiger partial charge >= 0.3 is 0 Å². The SMILES string of the molecule is CCCCCCCCCCO[C@H]1CC[C@]2(C)[C@H]3CC=C4[C@H]5CC(C)(C)CC[C@]5(C)CC[C@H]4[C@]3(C)CC[C@H]2C1(C)C. The summed E-state index contributed by atoms with van der Waals surface area (Å²) in [6.45, 7) is 21.8. The van der Waals surface area contributed by atoms with Crippen molar-refractivity contribution in [2.24, 2.45) is 50.7 Å². The average molecular weight is 553 g/mol. The summed E-state index contributed by atoms with van der Waals surface area (Å²) in [5.74, 6) is 3.33. The molecule has 5 aliphatic rings. The monoisotopic (exact) mass is 553 g/mol. The first-order valence-electron chi connectivity index (χ1n) is 18.2. The van der Waals surface area contributed by atoms with E-state index in [4.69, 9.17) is 4.74 Å². The first-order valence-corrected chi connectivity index (χ1v) is 18.2. The molecular weight excluding hydrogens is 484 g/mol. The molecule has 0 aliphatic heterocycles. The Balaban J connectivity index is 1.24. The van der Waals surface area contributed by atoms with Gasteiger partial charge in [-0.3, -0.25) is 0 Å². The van der Waals surface area contributed by atoms with Crippen LogP contribution in [-0.2, 0) is 4.74 Å². The fraction of sp³-hybridized carbons (Fsp3) is 0.949. The number of rotatable bonds is 10. The van der Waals surface area contributed by atoms with E-state index in [1.54, 1.807) is 0 Å². The maximum atomic E-state index is 6.76. The summed E-state index contributed by atoms with van der Waals surface area (Å²) in [5, 5.41) is 0. The van der Waals surface area contributed by atoms with Gasteiger partial charge in [-0.1, -0.05) is 112 Å². The van der Waals surface area contributed by atoms with Gasteiger partial charge in [-0.2, -0.15) is 0 Å². The smallest absolute Gasteiger partial charge is 0.0629 e. The normalized spacial score (nSPS) is 43.6. The highest BCUT2D eigenvalue weighted by atomic mass is 16.5. The topological polar surface area (TPSA) is 9.23 Å². The molecule has 8 atom stereocenters. The summed E-state index contributed by atoms with van der Waals surface area (Å²) in [6.07, 6.45) is 28.5. The molecular formula is C39H68O. The van der Waals surface area contributed by atoms with E-state index in [0.717, 1.165) is 30.3 Å². The van der Waals surface area contributed by atoms with E-state index in [-0.39, 0.29) is 5.41 Å². The van der Waals surface area contributed by atoms with E-state index in [2.05, 4.69) is 61.5 Å². The van der Waals surface area contributed by atoms with Crippen molar-refractivity contribution in [3.8, 4) is 0 Å². The van der Waals surface area contributed by atoms with Gasteiger partial charge in [0.25, 0.3) is 0 Å². The van der Waals surface area contributed by atoms with E-state index in [9.17, 15) is 0 Å². The lowest BCUT2D eigenvalue weighted by molar-refractivity contribution is -0.197. The zero-order valence-electron chi connectivity index (χ0n) is 28.3. The molecule has 1 nitrogen and oxygen atoms in total. The Bertz CT molecular complexity index is 896. The lowest BCUT2D eigenvalue weighted by atomic mass is 9.37. The maximum Gasteiger partial charge on any atom is 0.0629 e. The Morgan fingerprint density at radius 1 is 0.675 bits per heavy atom. The summed E-state index contributed by atoms with van der Waals surface area (Å²) in [6, 6.07) is 0. The zero-order chi connectivity index (χ0) is 28.8. The molecule has 1 heteroatoms. The summed E-state index contributed by atoms with van der Waals surface area (Å²) in [4.78, 5) is 0. The van der Waals surface area contributed by atoms with E-state index >= 15 is 0 Å². The van der Waals surface area contributed by atoms with Gasteiger partial charge in [-0.15, -0.1) is 0 Å². The molecule has 0 heterocycles. The second-order valence-corrected chi connectivity index (χ2v) is 18.0. The van der Waals surface area contributed by atoms with Gasteiger partial charge in [-0.25, -0.2) is 0 Å². The van der Waals surface area contributed by atoms with Crippen LogP contribution in [0.25, 0.3) is 0 Å². The van der Waals surface area contributed by atoms with Gasteiger partial charge in [0.1, 0.15) is 0 Å². The third kappa shape index (κ3) is 5.54. The minimum atomic E-state index is 0.289. The second-order valence-electron chi connectivity index (χ2n) is 18.0. The van der Waals surface area contributed by atoms with Crippen molar-refractivity contribution in [3.63, 3.8) is 0 Å². The van der Waals surface area contributed by atoms with Gasteiger partial charge < -0.3 is 4.74 Å². The molecule has 0 radical (unpaired) electrons. The number of hydrogen-bond donors (Lipinski definition) is 0. The molecule has 40 heavy (non-hydrogen) atoms. The van der Waals surface area contributed by atoms with E-state index < -0.39 is 0 Å². The molecule has 0 unspecified atom stereocenters. The van der Waals surface area contributed by atoms with Crippen molar-refractivity contribution in [3.05, 3.63) is 11.6 Å². The molecule has 0 spiro atoms. The number of fused-ring (bicyclic) bond motifs is 7. The molecule has 0 aromatic carbocycles. The second kappa shape index (κ2) is 11.7. The molecule has 4 saturated carbocycles. The van der Waals surface area contributed by atoms with Gasteiger partial charge in [0, 0.05) is 6.61 Å². The first kappa shape index (κ1) is 31.1. The number of hydrogen-bond acceptors (Lipinski definition) is 1. The molecule has 0 N–H and O–H groups in total. The van der Waals surface area contributed by atoms with Crippen molar-refractivity contribution in [2.45, 2.75) is 177 Å². The fourth-order valence-electron chi connectivity index (χ4n) is 11.9. The Hall–Kier alpha value is -0.300. The van der Waals surface area contributed by atoms with Crippen LogP contribution in [0.4, 0.5) is 0 Å². The van der Waals surface area contributed by atoms with Crippen molar-refractivity contribution >= 4 is 0 Å². The summed E-state index contributed by atoms with van der Waals surface area (Å²) >= 11 is 0. The molecule has 0 aromatic rings. The Kier molecular flexibility index (Phi) is 9.07. The van der Waals surface area contributed by atoms with E-state index in [1.165, 1.54) is 116 Å². The van der Waals surface area contributed by atoms with Crippen LogP contribution < -0.4 is 0 Å². The molecule has 0 aromatic heterocycles. The Labute approximate surface area is 250 Å². The van der Waals surface area contributed by atoms with Crippen LogP contribution in [0.2, 0.25) is 0 Å². The van der Waals surface area contributed by atoms with Crippen LogP contribution in [0.5, 0.6) is 0 Å². The highest BCUT2D eigenvalue weighted by molar-refractivity contribution is 5.28. The molecule has 5 rings (SSSR count). The summed E-state index contributed by atoms with van der Waals surface area (Å²) in [7, 11) is 0. The van der Waals surface area contributed by atoms with Crippen molar-refractivity contribution in [2.75, 3.05) is 6.61 Å². The van der Waals surface area contributed by atoms with Crippen molar-refractivity contribution in [1.82, 2.24) is 0 Å². The lowest BCUT2D eigenvalue weighted by Crippen LogP contribution is -2.62. The minimum Gasteiger partial charge on any atom is -0.378 e. The van der Waals surface area contributed by atoms with Crippen LogP contribution in [0.1, 0.15) is 171 Å². The zero-order valence-corrected chi connectivity index (χ0v) is 28.3. The summed E-state index contributed by atoms with van der Waals surface area (Å²) < 4.78 is 6.76. The molecule has 5 aliphatic carbocycles. The Morgan fingerprint density at radius 3 is 2.08 bits per heavy atom. The average Bonchev–Trinajstić information content (AvgIpc) is 2.89. The van der Waals surface area contributed by atoms with Crippen molar-refractivity contribution < 1.29 is 4.74 Å². The molecule has 4 fully saturated rings. The maximum absolute atomic E-state index is 6.76. The van der Waals surface area contributed by atoms with Gasteiger partial charge in [0.05, 0.1) is 6.10 Å². The van der Waals surface area contributed by atoms with Gasteiger partial charge in [0.2, 0.25) is 0 Å². The fourth-order valence-corrected chi connectivity index (χ4v) is 11.9. The van der Waals surface area contributed by atoms with Crippen LogP contribution in [0.15, 0.2) is 11.6 Å². The van der Waals surface area contributed by atoms with Crippen LogP contribution >= 0.6 is 0 Å². The van der Waals surface area contributed by atoms with Crippen molar-refractivity contribution in [1.29, 1.82) is 0 Å². The number of unbranched alkanes of at least 4 members (excludes halogenated alkanes) is 7. The van der Waals surface area contributed by atoms with E-state index in [1.807, 2.05) is 5.57 Å². The number of ether oxygens (including phenoxy) is 1. The minimum absolute atomic E-state index is 0.289. The predicted octanol–water partition coefficient (Wildman–Crippen LogP) is 11.9. The lowest BCUT2D eigenvalue weighted by Gasteiger charge is -2.68. The van der Waals surface area contributed by atoms with E-state index in [0.29, 0.717) is 27.8 Å². The van der Waals surface area contributed by atoms with Crippen LogP contribution in [0, 0.1) is 50.7 Å². The largest absolute Gasteiger partial charge is 0.378 e. The standard InChI is InChI=1S/C39H68O/c1-9-10-11-12-13-14-15-16-27-40-34-21-24-39(8)32(36(34,4)5)20-23-38(7)30-19-22-37(6)26-25-35(2,3)28-31(37)29(30)17-18-33(38)39/h17,30-34H,9-16,18-28H2,1-8H3/t30-,31-,32+,33+,34+,37+,38+,39+/m1/s1. The third-order valence-corrected chi connectivity index (χ3v) is 14.5. The highest BCUT2D eigenvalue weighted by Gasteiger charge is 2.64. The van der Waals surface area contributed by atoms with Crippen LogP contribution in [0.3, 0.4) is 0 Å². The quantitative estimate of drug-likeness (QED) is 0.193. The Morgan fingerprint density at radius 2 is 1.35 bits per heavy atom. The first-order chi connectivity index (χ1) is 18.9. The highest BCUT2D eigenvalue weighted by Crippen LogP contribution is 2.72. The van der Waals surface area contributed by atoms with Gasteiger partial charge in [0.15, 0.2) is 0 Å². The predicted molar refractivity (Wildman–Crippen MR) is 172 cm³/mol. The molecule has 230 valence electrons.